The number of allylic oxidation sites excluding steroid dienone is 17. The Morgan fingerprint density at radius 1 is 0.387 bits per heavy atom. The molecule has 0 aliphatic rings. The minimum Gasteiger partial charge on any atom is -0.756 e. The molecular weight excluding hydrogens is 1160 g/mol. The minimum absolute atomic E-state index is 0.00294. The summed E-state index contributed by atoms with van der Waals surface area (Å²) in [6.45, 7) is 4.58. The second-order valence-corrected chi connectivity index (χ2v) is 29.5. The molecule has 93 heavy (non-hydrogen) atoms. The summed E-state index contributed by atoms with van der Waals surface area (Å²) in [6.07, 6.45) is 108. The van der Waals surface area contributed by atoms with Gasteiger partial charge in [0.2, 0.25) is 5.91 Å². The number of nitrogens with one attached hydrogen (secondary N) is 1. The van der Waals surface area contributed by atoms with Crippen LogP contribution in [0.1, 0.15) is 367 Å². The molecule has 9 heteroatoms. The van der Waals surface area contributed by atoms with Gasteiger partial charge in [0.25, 0.3) is 7.82 Å². The van der Waals surface area contributed by atoms with Crippen molar-refractivity contribution >= 4 is 13.7 Å². The summed E-state index contributed by atoms with van der Waals surface area (Å²) in [4.78, 5) is 25.7. The number of carbonyl (C=O) groups is 1. The second kappa shape index (κ2) is 73.4. The highest BCUT2D eigenvalue weighted by Gasteiger charge is 2.23. The molecule has 0 fully saturated rings. The van der Waals surface area contributed by atoms with Crippen molar-refractivity contribution in [2.24, 2.45) is 0 Å². The van der Waals surface area contributed by atoms with Gasteiger partial charge in [0, 0.05) is 6.42 Å². The van der Waals surface area contributed by atoms with E-state index in [0.717, 1.165) is 89.9 Å². The van der Waals surface area contributed by atoms with Gasteiger partial charge in [-0.1, -0.05) is 386 Å². The molecule has 8 nitrogen and oxygen atoms in total. The van der Waals surface area contributed by atoms with Crippen molar-refractivity contribution in [2.75, 3.05) is 40.9 Å². The van der Waals surface area contributed by atoms with Crippen LogP contribution in [0.4, 0.5) is 0 Å². The van der Waals surface area contributed by atoms with Gasteiger partial charge in [-0.05, 0) is 83.5 Å². The molecule has 0 aromatic carbocycles. The number of quaternary nitrogens is 1. The number of hydrogen-bond donors (Lipinski definition) is 2. The Morgan fingerprint density at radius 2 is 0.656 bits per heavy atom. The summed E-state index contributed by atoms with van der Waals surface area (Å²) in [7, 11) is 1.27. The van der Waals surface area contributed by atoms with Crippen LogP contribution < -0.4 is 10.2 Å². The molecule has 540 valence electrons. The highest BCUT2D eigenvalue weighted by atomic mass is 31.2. The fraction of sp³-hybridized carbons (Fsp3) is 0.774. The Bertz CT molecular complexity index is 1890. The smallest absolute Gasteiger partial charge is 0.268 e. The monoisotopic (exact) mass is 1320 g/mol. The first-order valence-electron chi connectivity index (χ1n) is 39.7. The Hall–Kier alpha value is -2.84. The zero-order chi connectivity index (χ0) is 67.6. The number of rotatable bonds is 73. The Labute approximate surface area is 578 Å². The van der Waals surface area contributed by atoms with Crippen molar-refractivity contribution in [1.82, 2.24) is 5.32 Å². The number of unbranched alkanes of at least 4 members (excludes halogenated alkanes) is 44. The zero-order valence-corrected chi connectivity index (χ0v) is 62.8. The second-order valence-electron chi connectivity index (χ2n) is 28.0. The third-order valence-corrected chi connectivity index (χ3v) is 18.7. The largest absolute Gasteiger partial charge is 0.756 e. The summed E-state index contributed by atoms with van der Waals surface area (Å²) >= 11 is 0. The van der Waals surface area contributed by atoms with Gasteiger partial charge in [-0.2, -0.15) is 0 Å². The van der Waals surface area contributed by atoms with Gasteiger partial charge in [-0.15, -0.1) is 0 Å². The summed E-state index contributed by atoms with van der Waals surface area (Å²) in [6, 6.07) is -0.893. The van der Waals surface area contributed by atoms with Gasteiger partial charge in [-0.25, -0.2) is 0 Å². The van der Waals surface area contributed by atoms with Crippen molar-refractivity contribution in [3.05, 3.63) is 109 Å². The maximum absolute atomic E-state index is 13.1. The standard InChI is InChI=1S/C84H153N2O6P/c1-6-8-10-12-14-16-18-20-22-24-26-28-30-32-34-36-38-39-40-41-42-43-44-45-46-47-48-50-52-54-56-58-60-62-64-66-68-70-72-74-76-78-84(88)85-82(81-92-93(89,90)91-80-79-86(3,4)5)83(87)77-75-73-71-69-67-65-63-61-59-57-55-53-51-49-37-35-33-31-29-27-25-23-21-19-17-15-13-11-9-7-2/h8,10,14,16,20,22,26,28,32,34,38-39,41-42,44-45,75,77,82-83,87H,6-7,9,11-13,15,17-19,21,23-25,27,29-31,33,35-37,40,43,46-74,76,78-81H2,1-5H3,(H-,85,88,89,90)/b10-8-,16-14-,22-20-,28-26-,34-32-,39-38-,42-41-,45-44-,77-75+. The summed E-state index contributed by atoms with van der Waals surface area (Å²) in [5.41, 5.74) is 0. The molecule has 0 aromatic rings. The van der Waals surface area contributed by atoms with E-state index in [1.54, 1.807) is 6.08 Å². The molecule has 0 heterocycles. The number of carbonyl (C=O) groups excluding carboxylic acids is 1. The van der Waals surface area contributed by atoms with Crippen LogP contribution in [0, 0.1) is 0 Å². The third-order valence-electron chi connectivity index (χ3n) is 17.7. The number of phosphoric acid groups is 1. The van der Waals surface area contributed by atoms with Crippen molar-refractivity contribution < 1.29 is 32.9 Å². The number of aliphatic hydroxyl groups excluding tert-OH is 1. The van der Waals surface area contributed by atoms with Crippen molar-refractivity contribution in [3.63, 3.8) is 0 Å². The molecule has 0 aliphatic carbocycles. The van der Waals surface area contributed by atoms with Crippen LogP contribution in [0.5, 0.6) is 0 Å². The van der Waals surface area contributed by atoms with Crippen LogP contribution in [0.15, 0.2) is 109 Å². The molecule has 0 rings (SSSR count). The fourth-order valence-corrected chi connectivity index (χ4v) is 12.4. The number of amides is 1. The molecule has 2 N–H and O–H groups in total. The minimum atomic E-state index is -4.61. The average Bonchev–Trinajstić information content (AvgIpc) is 2.75. The topological polar surface area (TPSA) is 108 Å². The first kappa shape index (κ1) is 90.2. The first-order chi connectivity index (χ1) is 45.5. The predicted molar refractivity (Wildman–Crippen MR) is 408 cm³/mol. The van der Waals surface area contributed by atoms with Gasteiger partial charge in [0.05, 0.1) is 39.9 Å². The molecule has 0 saturated heterocycles. The molecule has 0 aromatic heterocycles. The van der Waals surface area contributed by atoms with Crippen LogP contribution >= 0.6 is 7.82 Å². The van der Waals surface area contributed by atoms with E-state index in [1.165, 1.54) is 257 Å². The van der Waals surface area contributed by atoms with Gasteiger partial charge in [-0.3, -0.25) is 9.36 Å². The summed E-state index contributed by atoms with van der Waals surface area (Å²) in [5, 5.41) is 14.0. The lowest BCUT2D eigenvalue weighted by Crippen LogP contribution is -2.45. The van der Waals surface area contributed by atoms with Gasteiger partial charge in [0.15, 0.2) is 0 Å². The molecule has 0 saturated carbocycles. The van der Waals surface area contributed by atoms with E-state index in [1.807, 2.05) is 27.2 Å². The Morgan fingerprint density at radius 3 is 0.957 bits per heavy atom. The lowest BCUT2D eigenvalue weighted by Gasteiger charge is -2.29. The summed E-state index contributed by atoms with van der Waals surface area (Å²) in [5.74, 6) is -0.195. The van der Waals surface area contributed by atoms with Gasteiger partial charge < -0.3 is 28.8 Å². The van der Waals surface area contributed by atoms with E-state index in [9.17, 15) is 19.4 Å². The number of nitrogens with zero attached hydrogens (tertiary/aromatic N) is 1. The average molecular weight is 1320 g/mol. The molecule has 3 atom stereocenters. The van der Waals surface area contributed by atoms with Crippen molar-refractivity contribution in [2.45, 2.75) is 379 Å². The van der Waals surface area contributed by atoms with E-state index >= 15 is 0 Å². The molecule has 0 bridgehead atoms. The van der Waals surface area contributed by atoms with E-state index < -0.39 is 20.0 Å². The number of phosphoric ester groups is 1. The molecule has 0 radical (unpaired) electrons. The van der Waals surface area contributed by atoms with Crippen LogP contribution in [0.25, 0.3) is 0 Å². The quantitative estimate of drug-likeness (QED) is 0.0272. The lowest BCUT2D eigenvalue weighted by molar-refractivity contribution is -0.870. The van der Waals surface area contributed by atoms with Gasteiger partial charge in [0.1, 0.15) is 13.2 Å². The van der Waals surface area contributed by atoms with Crippen LogP contribution in [-0.4, -0.2) is 68.5 Å². The molecule has 3 unspecified atom stereocenters. The van der Waals surface area contributed by atoms with E-state index in [2.05, 4.69) is 116 Å². The van der Waals surface area contributed by atoms with E-state index in [0.29, 0.717) is 17.4 Å². The fourth-order valence-electron chi connectivity index (χ4n) is 11.6. The maximum Gasteiger partial charge on any atom is 0.268 e. The molecule has 0 aliphatic heterocycles. The predicted octanol–water partition coefficient (Wildman–Crippen LogP) is 25.5. The highest BCUT2D eigenvalue weighted by molar-refractivity contribution is 7.45. The first-order valence-corrected chi connectivity index (χ1v) is 41.2. The highest BCUT2D eigenvalue weighted by Crippen LogP contribution is 2.38. The lowest BCUT2D eigenvalue weighted by atomic mass is 10.0. The Kier molecular flexibility index (Phi) is 71.2. The molecule has 0 spiro atoms. The molecule has 1 amide bonds. The zero-order valence-electron chi connectivity index (χ0n) is 61.9. The van der Waals surface area contributed by atoms with E-state index in [-0.39, 0.29) is 19.1 Å². The third kappa shape index (κ3) is 76.4. The Balaban J connectivity index is 4.00. The molecular formula is C84H153N2O6P. The number of likely N-dealkylation sites (N-methyl/N-ethyl adjacent to an activating group) is 1. The van der Waals surface area contributed by atoms with Crippen molar-refractivity contribution in [1.29, 1.82) is 0 Å². The van der Waals surface area contributed by atoms with E-state index in [4.69, 9.17) is 9.05 Å². The maximum atomic E-state index is 13.1. The summed E-state index contributed by atoms with van der Waals surface area (Å²) < 4.78 is 23.5. The normalized spacial score (nSPS) is 14.1. The number of hydrogen-bond acceptors (Lipinski definition) is 6. The van der Waals surface area contributed by atoms with Crippen LogP contribution in [0.3, 0.4) is 0 Å². The van der Waals surface area contributed by atoms with Crippen molar-refractivity contribution in [3.8, 4) is 0 Å². The van der Waals surface area contributed by atoms with Gasteiger partial charge >= 0.3 is 0 Å². The van der Waals surface area contributed by atoms with Crippen LogP contribution in [-0.2, 0) is 18.4 Å². The number of aliphatic hydroxyl groups is 1. The SMILES string of the molecule is CC/C=C\C/C=C\C/C=C\C/C=C\C/C=C\C/C=C\C/C=C\C/C=C\CCCCCCCCCCCCCCCCCCC(=O)NC(COP(=O)([O-])OCC[N+](C)(C)C)C(O)/C=C/CCCCCCCCCCCCCCCCCCCCCCCCCCCCCC. The van der Waals surface area contributed by atoms with Crippen LogP contribution in [0.2, 0.25) is 0 Å².